The van der Waals surface area contributed by atoms with Crippen molar-refractivity contribution in [1.82, 2.24) is 4.98 Å². The third-order valence-electron chi connectivity index (χ3n) is 3.15. The monoisotopic (exact) mass is 323 g/mol. The summed E-state index contributed by atoms with van der Waals surface area (Å²) in [6.45, 7) is 0. The summed E-state index contributed by atoms with van der Waals surface area (Å²) >= 11 is 1.34. The second-order valence-electron chi connectivity index (χ2n) is 4.55. The van der Waals surface area contributed by atoms with E-state index in [0.717, 1.165) is 11.3 Å². The topological polar surface area (TPSA) is 105 Å². The van der Waals surface area contributed by atoms with Crippen molar-refractivity contribution in [2.45, 2.75) is 0 Å². The van der Waals surface area contributed by atoms with Gasteiger partial charge >= 0.3 is 0 Å². The van der Waals surface area contributed by atoms with Gasteiger partial charge in [-0.1, -0.05) is 35.4 Å². The maximum Gasteiger partial charge on any atom is 0.270 e. The van der Waals surface area contributed by atoms with Crippen molar-refractivity contribution in [1.29, 1.82) is 0 Å². The lowest BCUT2D eigenvalue weighted by Gasteiger charge is -2.01. The lowest BCUT2D eigenvalue weighted by atomic mass is 10.1. The number of benzene rings is 2. The van der Waals surface area contributed by atoms with Gasteiger partial charge in [0.05, 0.1) is 10.6 Å². The Hall–Kier alpha value is -3.22. The van der Waals surface area contributed by atoms with Crippen LogP contribution in [0.25, 0.3) is 32.3 Å². The Balaban J connectivity index is 2.11. The van der Waals surface area contributed by atoms with E-state index in [1.54, 1.807) is 0 Å². The summed E-state index contributed by atoms with van der Waals surface area (Å²) in [5.74, 6) is 0. The standard InChI is InChI=1S/C15H9N5O2S/c16-19-18-13-7-6-11(20(21)22)8-12(13)15-17-14(9-23-15)10-4-2-1-3-5-10/h1-9H. The second kappa shape index (κ2) is 6.27. The highest BCUT2D eigenvalue weighted by Gasteiger charge is 2.15. The number of hydrogen-bond acceptors (Lipinski definition) is 5. The fourth-order valence-electron chi connectivity index (χ4n) is 2.08. The van der Waals surface area contributed by atoms with E-state index in [2.05, 4.69) is 15.0 Å². The number of azide groups is 1. The zero-order valence-corrected chi connectivity index (χ0v) is 12.5. The molecule has 0 aliphatic carbocycles. The van der Waals surface area contributed by atoms with Crippen LogP contribution in [0.1, 0.15) is 0 Å². The molecule has 0 saturated carbocycles. The molecule has 0 fully saturated rings. The fraction of sp³-hybridized carbons (Fsp3) is 0. The van der Waals surface area contributed by atoms with Gasteiger partial charge in [-0.15, -0.1) is 11.3 Å². The van der Waals surface area contributed by atoms with Gasteiger partial charge in [0.1, 0.15) is 5.01 Å². The van der Waals surface area contributed by atoms with Crippen LogP contribution in [0.3, 0.4) is 0 Å². The number of hydrogen-bond donors (Lipinski definition) is 0. The van der Waals surface area contributed by atoms with Crippen LogP contribution >= 0.6 is 11.3 Å². The van der Waals surface area contributed by atoms with Crippen LogP contribution in [0.2, 0.25) is 0 Å². The highest BCUT2D eigenvalue weighted by atomic mass is 32.1. The first-order chi connectivity index (χ1) is 11.2. The molecular formula is C15H9N5O2S. The van der Waals surface area contributed by atoms with E-state index in [0.29, 0.717) is 16.3 Å². The van der Waals surface area contributed by atoms with E-state index in [1.807, 2.05) is 35.7 Å². The average molecular weight is 323 g/mol. The molecule has 1 heterocycles. The minimum Gasteiger partial charge on any atom is -0.258 e. The lowest BCUT2D eigenvalue weighted by Crippen LogP contribution is -1.88. The van der Waals surface area contributed by atoms with Gasteiger partial charge in [0.25, 0.3) is 5.69 Å². The first-order valence-corrected chi connectivity index (χ1v) is 7.42. The zero-order valence-electron chi connectivity index (χ0n) is 11.7. The van der Waals surface area contributed by atoms with E-state index in [-0.39, 0.29) is 5.69 Å². The fourth-order valence-corrected chi connectivity index (χ4v) is 2.94. The molecule has 3 aromatic rings. The maximum absolute atomic E-state index is 11.0. The molecule has 3 rings (SSSR count). The molecule has 0 radical (unpaired) electrons. The smallest absolute Gasteiger partial charge is 0.258 e. The summed E-state index contributed by atoms with van der Waals surface area (Å²) in [7, 11) is 0. The molecule has 0 unspecified atom stereocenters. The molecule has 0 spiro atoms. The molecule has 0 amide bonds. The van der Waals surface area contributed by atoms with Crippen LogP contribution in [0.15, 0.2) is 59.0 Å². The summed E-state index contributed by atoms with van der Waals surface area (Å²) in [4.78, 5) is 17.7. The summed E-state index contributed by atoms with van der Waals surface area (Å²) in [5, 5.41) is 17.0. The molecule has 2 aromatic carbocycles. The molecule has 0 saturated heterocycles. The molecule has 0 N–H and O–H groups in total. The molecule has 0 aliphatic rings. The Bertz CT molecular complexity index is 917. The van der Waals surface area contributed by atoms with E-state index in [1.165, 1.54) is 29.5 Å². The van der Waals surface area contributed by atoms with Crippen LogP contribution in [-0.4, -0.2) is 9.91 Å². The van der Waals surface area contributed by atoms with Gasteiger partial charge in [0.2, 0.25) is 0 Å². The predicted octanol–water partition coefficient (Wildman–Crippen LogP) is 5.33. The number of non-ortho nitro benzene ring substituents is 1. The van der Waals surface area contributed by atoms with E-state index in [4.69, 9.17) is 5.53 Å². The summed E-state index contributed by atoms with van der Waals surface area (Å²) in [5.41, 5.74) is 11.1. The van der Waals surface area contributed by atoms with Crippen LogP contribution < -0.4 is 0 Å². The number of nitro groups is 1. The predicted molar refractivity (Wildman–Crippen MR) is 88.4 cm³/mol. The Kier molecular flexibility index (Phi) is 4.01. The maximum atomic E-state index is 11.0. The largest absolute Gasteiger partial charge is 0.270 e. The average Bonchev–Trinajstić information content (AvgIpc) is 3.06. The van der Waals surface area contributed by atoms with Gasteiger partial charge in [-0.2, -0.15) is 0 Å². The Morgan fingerprint density at radius 1 is 1.22 bits per heavy atom. The summed E-state index contributed by atoms with van der Waals surface area (Å²) in [6, 6.07) is 13.7. The summed E-state index contributed by atoms with van der Waals surface area (Å²) < 4.78 is 0. The van der Waals surface area contributed by atoms with Crippen molar-refractivity contribution >= 4 is 22.7 Å². The molecule has 8 heteroatoms. The third kappa shape index (κ3) is 3.03. The number of nitrogens with zero attached hydrogens (tertiary/aromatic N) is 5. The SMILES string of the molecule is [N-]=[N+]=Nc1ccc([N+](=O)[O-])cc1-c1nc(-c2ccccc2)cs1. The molecule has 0 bridgehead atoms. The highest BCUT2D eigenvalue weighted by Crippen LogP contribution is 2.37. The Morgan fingerprint density at radius 3 is 2.70 bits per heavy atom. The van der Waals surface area contributed by atoms with Crippen molar-refractivity contribution in [2.24, 2.45) is 5.11 Å². The molecule has 112 valence electrons. The van der Waals surface area contributed by atoms with Gasteiger partial charge in [0, 0.05) is 39.2 Å². The highest BCUT2D eigenvalue weighted by molar-refractivity contribution is 7.13. The second-order valence-corrected chi connectivity index (χ2v) is 5.41. The number of nitro benzene ring substituents is 1. The molecule has 7 nitrogen and oxygen atoms in total. The zero-order chi connectivity index (χ0) is 16.2. The third-order valence-corrected chi connectivity index (χ3v) is 4.02. The van der Waals surface area contributed by atoms with E-state index in [9.17, 15) is 10.1 Å². The van der Waals surface area contributed by atoms with Crippen LogP contribution in [-0.2, 0) is 0 Å². The van der Waals surface area contributed by atoms with Gasteiger partial charge in [0.15, 0.2) is 0 Å². The quantitative estimate of drug-likeness (QED) is 0.213. The normalized spacial score (nSPS) is 10.1. The van der Waals surface area contributed by atoms with Crippen molar-refractivity contribution in [3.05, 3.63) is 74.5 Å². The Labute approximate surface area is 134 Å². The minimum absolute atomic E-state index is 0.0756. The van der Waals surface area contributed by atoms with Crippen LogP contribution in [0, 0.1) is 10.1 Å². The minimum atomic E-state index is -0.491. The van der Waals surface area contributed by atoms with Gasteiger partial charge < -0.3 is 0 Å². The molecule has 23 heavy (non-hydrogen) atoms. The number of aromatic nitrogens is 1. The van der Waals surface area contributed by atoms with Crippen molar-refractivity contribution in [3.8, 4) is 21.8 Å². The molecule has 0 atom stereocenters. The molecular weight excluding hydrogens is 314 g/mol. The van der Waals surface area contributed by atoms with Crippen LogP contribution in [0.5, 0.6) is 0 Å². The Morgan fingerprint density at radius 2 is 2.00 bits per heavy atom. The lowest BCUT2D eigenvalue weighted by molar-refractivity contribution is -0.384. The van der Waals surface area contributed by atoms with Crippen molar-refractivity contribution in [3.63, 3.8) is 0 Å². The first kappa shape index (κ1) is 14.7. The first-order valence-electron chi connectivity index (χ1n) is 6.54. The van der Waals surface area contributed by atoms with Gasteiger partial charge in [-0.25, -0.2) is 4.98 Å². The van der Waals surface area contributed by atoms with Crippen molar-refractivity contribution in [2.75, 3.05) is 0 Å². The van der Waals surface area contributed by atoms with Gasteiger partial charge in [-0.05, 0) is 11.6 Å². The molecule has 1 aromatic heterocycles. The van der Waals surface area contributed by atoms with E-state index < -0.39 is 4.92 Å². The number of rotatable bonds is 4. The van der Waals surface area contributed by atoms with Crippen molar-refractivity contribution < 1.29 is 4.92 Å². The van der Waals surface area contributed by atoms with E-state index >= 15 is 0 Å². The van der Waals surface area contributed by atoms with Gasteiger partial charge in [-0.3, -0.25) is 10.1 Å². The molecule has 0 aliphatic heterocycles. The van der Waals surface area contributed by atoms with Crippen LogP contribution in [0.4, 0.5) is 11.4 Å². The number of thiazole rings is 1. The summed E-state index contributed by atoms with van der Waals surface area (Å²) in [6.07, 6.45) is 0.